The highest BCUT2D eigenvalue weighted by Gasteiger charge is 2.08. The highest BCUT2D eigenvalue weighted by atomic mass is 16.6. The van der Waals surface area contributed by atoms with Crippen LogP contribution in [-0.2, 0) is 11.4 Å². The third kappa shape index (κ3) is 1.26. The van der Waals surface area contributed by atoms with Crippen LogP contribution in [0.1, 0.15) is 5.56 Å². The minimum atomic E-state index is 0.126. The maximum atomic E-state index is 9.39. The molecule has 4 nitrogen and oxygen atoms in total. The fourth-order valence-corrected chi connectivity index (χ4v) is 1.30. The smallest absolute Gasteiger partial charge is 0.175 e. The predicted molar refractivity (Wildman–Crippen MR) is 46.9 cm³/mol. The zero-order valence-electron chi connectivity index (χ0n) is 6.86. The Hall–Kier alpha value is -1.52. The molecular formula is C9H9NO3. The summed E-state index contributed by atoms with van der Waals surface area (Å²) in [6, 6.07) is 5.15. The van der Waals surface area contributed by atoms with Crippen molar-refractivity contribution in [2.24, 2.45) is 5.90 Å². The highest BCUT2D eigenvalue weighted by Crippen LogP contribution is 2.28. The van der Waals surface area contributed by atoms with Crippen molar-refractivity contribution in [2.45, 2.75) is 6.61 Å². The predicted octanol–water partition coefficient (Wildman–Crippen LogP) is 1.53. The zero-order valence-corrected chi connectivity index (χ0v) is 6.86. The first-order valence-electron chi connectivity index (χ1n) is 3.82. The number of hydrogen-bond donors (Lipinski definition) is 2. The molecule has 0 saturated carbocycles. The molecule has 0 spiro atoms. The highest BCUT2D eigenvalue weighted by molar-refractivity contribution is 5.85. The molecule has 1 aromatic carbocycles. The fourth-order valence-electron chi connectivity index (χ4n) is 1.30. The van der Waals surface area contributed by atoms with Crippen LogP contribution in [0, 0.1) is 0 Å². The number of aromatic hydroxyl groups is 1. The molecule has 0 bridgehead atoms. The Morgan fingerprint density at radius 1 is 1.46 bits per heavy atom. The number of nitrogens with two attached hydrogens (primary N) is 1. The van der Waals surface area contributed by atoms with E-state index >= 15 is 0 Å². The lowest BCUT2D eigenvalue weighted by Gasteiger charge is -1.95. The number of para-hydroxylation sites is 1. The second kappa shape index (κ2) is 3.08. The lowest BCUT2D eigenvalue weighted by atomic mass is 10.2. The van der Waals surface area contributed by atoms with Crippen molar-refractivity contribution in [3.63, 3.8) is 0 Å². The van der Waals surface area contributed by atoms with E-state index in [1.54, 1.807) is 12.1 Å². The van der Waals surface area contributed by atoms with Crippen molar-refractivity contribution in [2.75, 3.05) is 0 Å². The van der Waals surface area contributed by atoms with Gasteiger partial charge in [0.25, 0.3) is 0 Å². The van der Waals surface area contributed by atoms with Crippen LogP contribution >= 0.6 is 0 Å². The lowest BCUT2D eigenvalue weighted by Crippen LogP contribution is -1.97. The van der Waals surface area contributed by atoms with Gasteiger partial charge in [-0.3, -0.25) is 4.84 Å². The Morgan fingerprint density at radius 2 is 2.31 bits per heavy atom. The molecule has 4 heteroatoms. The minimum Gasteiger partial charge on any atom is -0.504 e. The van der Waals surface area contributed by atoms with E-state index in [0.717, 1.165) is 10.9 Å². The van der Waals surface area contributed by atoms with Gasteiger partial charge in [0.05, 0.1) is 12.9 Å². The molecule has 0 atom stereocenters. The van der Waals surface area contributed by atoms with Crippen molar-refractivity contribution in [3.8, 4) is 5.75 Å². The van der Waals surface area contributed by atoms with E-state index in [1.807, 2.05) is 6.07 Å². The van der Waals surface area contributed by atoms with Crippen LogP contribution in [0.5, 0.6) is 5.75 Å². The van der Waals surface area contributed by atoms with Crippen LogP contribution in [0.25, 0.3) is 11.0 Å². The average molecular weight is 179 g/mol. The number of furan rings is 1. The van der Waals surface area contributed by atoms with Gasteiger partial charge in [0.2, 0.25) is 0 Å². The Bertz CT molecular complexity index is 422. The Labute approximate surface area is 74.5 Å². The SMILES string of the molecule is NOCc1coc2c(O)cccc12. The average Bonchev–Trinajstić information content (AvgIpc) is 2.51. The number of rotatable bonds is 2. The summed E-state index contributed by atoms with van der Waals surface area (Å²) in [5, 5.41) is 10.2. The zero-order chi connectivity index (χ0) is 9.26. The van der Waals surface area contributed by atoms with Gasteiger partial charge < -0.3 is 9.52 Å². The summed E-state index contributed by atoms with van der Waals surface area (Å²) in [5.74, 6) is 5.07. The van der Waals surface area contributed by atoms with E-state index in [2.05, 4.69) is 4.84 Å². The van der Waals surface area contributed by atoms with E-state index in [9.17, 15) is 5.11 Å². The molecule has 2 rings (SSSR count). The van der Waals surface area contributed by atoms with Gasteiger partial charge >= 0.3 is 0 Å². The standard InChI is InChI=1S/C9H9NO3/c10-13-5-6-4-12-9-7(6)2-1-3-8(9)11/h1-4,11H,5,10H2. The molecule has 0 aliphatic rings. The first-order valence-corrected chi connectivity index (χ1v) is 3.82. The summed E-state index contributed by atoms with van der Waals surface area (Å²) in [6.07, 6.45) is 1.53. The monoisotopic (exact) mass is 179 g/mol. The molecule has 0 amide bonds. The second-order valence-electron chi connectivity index (χ2n) is 2.73. The van der Waals surface area contributed by atoms with Gasteiger partial charge in [-0.05, 0) is 6.07 Å². The molecule has 68 valence electrons. The number of fused-ring (bicyclic) bond motifs is 1. The van der Waals surface area contributed by atoms with E-state index in [4.69, 9.17) is 10.3 Å². The van der Waals surface area contributed by atoms with Crippen LogP contribution in [0.4, 0.5) is 0 Å². The van der Waals surface area contributed by atoms with E-state index in [1.165, 1.54) is 6.26 Å². The van der Waals surface area contributed by atoms with Crippen LogP contribution in [0.15, 0.2) is 28.9 Å². The molecule has 0 saturated heterocycles. The van der Waals surface area contributed by atoms with Crippen LogP contribution in [0.2, 0.25) is 0 Å². The van der Waals surface area contributed by atoms with E-state index in [0.29, 0.717) is 5.58 Å². The minimum absolute atomic E-state index is 0.126. The molecule has 0 unspecified atom stereocenters. The van der Waals surface area contributed by atoms with Gasteiger partial charge in [-0.25, -0.2) is 5.90 Å². The third-order valence-electron chi connectivity index (χ3n) is 1.90. The topological polar surface area (TPSA) is 68.6 Å². The molecule has 1 aromatic heterocycles. The number of hydrogen-bond acceptors (Lipinski definition) is 4. The molecule has 0 aliphatic heterocycles. The van der Waals surface area contributed by atoms with Crippen LogP contribution in [-0.4, -0.2) is 5.11 Å². The summed E-state index contributed by atoms with van der Waals surface area (Å²) in [7, 11) is 0. The molecular weight excluding hydrogens is 170 g/mol. The molecule has 13 heavy (non-hydrogen) atoms. The summed E-state index contributed by atoms with van der Waals surface area (Å²) in [5.41, 5.74) is 1.29. The summed E-state index contributed by atoms with van der Waals surface area (Å²) >= 11 is 0. The van der Waals surface area contributed by atoms with Crippen molar-refractivity contribution in [3.05, 3.63) is 30.0 Å². The summed E-state index contributed by atoms with van der Waals surface area (Å²) in [4.78, 5) is 4.49. The summed E-state index contributed by atoms with van der Waals surface area (Å²) in [6.45, 7) is 0.274. The lowest BCUT2D eigenvalue weighted by molar-refractivity contribution is 0.124. The molecule has 2 aromatic rings. The van der Waals surface area contributed by atoms with Crippen LogP contribution in [0.3, 0.4) is 0 Å². The van der Waals surface area contributed by atoms with Crippen LogP contribution < -0.4 is 5.90 Å². The van der Waals surface area contributed by atoms with Crippen molar-refractivity contribution in [1.29, 1.82) is 0 Å². The first kappa shape index (κ1) is 8.10. The molecule has 0 fully saturated rings. The normalized spacial score (nSPS) is 10.8. The van der Waals surface area contributed by atoms with Gasteiger partial charge in [-0.2, -0.15) is 0 Å². The molecule has 0 radical (unpaired) electrons. The first-order chi connectivity index (χ1) is 6.33. The second-order valence-corrected chi connectivity index (χ2v) is 2.73. The Kier molecular flexibility index (Phi) is 1.92. The number of phenols is 1. The van der Waals surface area contributed by atoms with Gasteiger partial charge in [-0.15, -0.1) is 0 Å². The number of benzene rings is 1. The molecule has 1 heterocycles. The van der Waals surface area contributed by atoms with Crippen molar-refractivity contribution >= 4 is 11.0 Å². The molecule has 0 aliphatic carbocycles. The van der Waals surface area contributed by atoms with E-state index in [-0.39, 0.29) is 12.4 Å². The molecule has 3 N–H and O–H groups in total. The van der Waals surface area contributed by atoms with Gasteiger partial charge in [0.1, 0.15) is 0 Å². The largest absolute Gasteiger partial charge is 0.504 e. The number of phenolic OH excluding ortho intramolecular Hbond substituents is 1. The maximum absolute atomic E-state index is 9.39. The van der Waals surface area contributed by atoms with Gasteiger partial charge in [-0.1, -0.05) is 12.1 Å². The Morgan fingerprint density at radius 3 is 3.08 bits per heavy atom. The van der Waals surface area contributed by atoms with E-state index < -0.39 is 0 Å². The van der Waals surface area contributed by atoms with Gasteiger partial charge in [0, 0.05) is 10.9 Å². The summed E-state index contributed by atoms with van der Waals surface area (Å²) < 4.78 is 5.15. The van der Waals surface area contributed by atoms with Crippen molar-refractivity contribution < 1.29 is 14.4 Å². The maximum Gasteiger partial charge on any atom is 0.175 e. The van der Waals surface area contributed by atoms with Crippen molar-refractivity contribution in [1.82, 2.24) is 0 Å². The Balaban J connectivity index is 2.61. The fraction of sp³-hybridized carbons (Fsp3) is 0.111. The quantitative estimate of drug-likeness (QED) is 0.686. The van der Waals surface area contributed by atoms with Gasteiger partial charge in [0.15, 0.2) is 11.3 Å². The third-order valence-corrected chi connectivity index (χ3v) is 1.90.